The van der Waals surface area contributed by atoms with Gasteiger partial charge in [0.25, 0.3) is 5.91 Å². The summed E-state index contributed by atoms with van der Waals surface area (Å²) in [5, 5.41) is 3.59. The van der Waals surface area contributed by atoms with Gasteiger partial charge in [0.15, 0.2) is 0 Å². The number of hydrogen-bond donors (Lipinski definition) is 1. The van der Waals surface area contributed by atoms with Crippen molar-refractivity contribution in [3.63, 3.8) is 0 Å². The lowest BCUT2D eigenvalue weighted by molar-refractivity contribution is -0.130. The van der Waals surface area contributed by atoms with E-state index in [1.54, 1.807) is 0 Å². The number of fused-ring (bicyclic) bond motifs is 2. The van der Waals surface area contributed by atoms with E-state index in [1.807, 2.05) is 0 Å². The largest absolute Gasteiger partial charge is 0.370 e. The van der Waals surface area contributed by atoms with Gasteiger partial charge in [-0.3, -0.25) is 4.79 Å². The summed E-state index contributed by atoms with van der Waals surface area (Å²) in [6.07, 6.45) is 9.78. The second-order valence-electron chi connectivity index (χ2n) is 6.60. The zero-order valence-electron chi connectivity index (χ0n) is 10.2. The Morgan fingerprint density at radius 3 is 2.65 bits per heavy atom. The van der Waals surface area contributed by atoms with E-state index in [1.165, 1.54) is 32.1 Å². The van der Waals surface area contributed by atoms with E-state index in [4.69, 9.17) is 0 Å². The maximum atomic E-state index is 11.9. The predicted molar refractivity (Wildman–Crippen MR) is 65.7 cm³/mol. The Balaban J connectivity index is 1.44. The minimum atomic E-state index is -0.0556. The van der Waals surface area contributed by atoms with Crippen LogP contribution in [0.5, 0.6) is 0 Å². The van der Waals surface area contributed by atoms with Crippen LogP contribution in [0.15, 0.2) is 4.99 Å². The summed E-state index contributed by atoms with van der Waals surface area (Å²) < 4.78 is 0. The molecule has 1 heterocycles. The van der Waals surface area contributed by atoms with Gasteiger partial charge in [-0.2, -0.15) is 0 Å². The molecule has 0 aromatic rings. The van der Waals surface area contributed by atoms with Crippen molar-refractivity contribution in [2.24, 2.45) is 22.2 Å². The van der Waals surface area contributed by atoms with Gasteiger partial charge in [0.05, 0.1) is 5.41 Å². The number of carbonyl (C=O) groups excluding carboxylic acids is 1. The van der Waals surface area contributed by atoms with Gasteiger partial charge in [0, 0.05) is 12.5 Å². The summed E-state index contributed by atoms with van der Waals surface area (Å²) in [5.74, 6) is 2.98. The highest BCUT2D eigenvalue weighted by Crippen LogP contribution is 2.49. The number of nitrogens with zero attached hydrogens (tertiary/aromatic N) is 1. The Morgan fingerprint density at radius 1 is 1.24 bits per heavy atom. The maximum absolute atomic E-state index is 11.9. The van der Waals surface area contributed by atoms with Crippen LogP contribution in [-0.4, -0.2) is 17.8 Å². The van der Waals surface area contributed by atoms with Gasteiger partial charge in [-0.05, 0) is 43.9 Å². The number of carbonyl (C=O) groups is 1. The molecule has 0 saturated heterocycles. The van der Waals surface area contributed by atoms with Crippen molar-refractivity contribution in [1.29, 1.82) is 0 Å². The zero-order valence-corrected chi connectivity index (χ0v) is 10.2. The molecule has 2 bridgehead atoms. The quantitative estimate of drug-likeness (QED) is 0.753. The third-order valence-corrected chi connectivity index (χ3v) is 5.60. The van der Waals surface area contributed by atoms with Crippen molar-refractivity contribution in [1.82, 2.24) is 5.32 Å². The first kappa shape index (κ1) is 10.1. The SMILES string of the molecule is O=C1N=C(NC2CC3CCC2C3)CC12CCC2. The molecular formula is C14H20N2O. The maximum Gasteiger partial charge on any atom is 0.253 e. The highest BCUT2D eigenvalue weighted by Gasteiger charge is 2.49. The van der Waals surface area contributed by atoms with Crippen molar-refractivity contribution in [3.05, 3.63) is 0 Å². The van der Waals surface area contributed by atoms with E-state index < -0.39 is 0 Å². The van der Waals surface area contributed by atoms with E-state index in [2.05, 4.69) is 10.3 Å². The predicted octanol–water partition coefficient (Wildman–Crippen LogP) is 2.26. The van der Waals surface area contributed by atoms with Gasteiger partial charge in [-0.25, -0.2) is 4.99 Å². The van der Waals surface area contributed by atoms with Crippen LogP contribution in [0, 0.1) is 17.3 Å². The number of amidine groups is 1. The third-order valence-electron chi connectivity index (χ3n) is 5.60. The third kappa shape index (κ3) is 1.40. The normalized spacial score (nSPS) is 41.8. The fourth-order valence-corrected chi connectivity index (χ4v) is 4.39. The fraction of sp³-hybridized carbons (Fsp3) is 0.857. The van der Waals surface area contributed by atoms with Crippen molar-refractivity contribution in [3.8, 4) is 0 Å². The lowest BCUT2D eigenvalue weighted by atomic mass is 9.67. The van der Waals surface area contributed by atoms with Crippen LogP contribution < -0.4 is 5.32 Å². The molecule has 4 rings (SSSR count). The standard InChI is InChI=1S/C14H20N2O/c17-13-14(4-1-5-14)8-12(16-13)15-11-7-9-2-3-10(11)6-9/h9-11H,1-8H2,(H,15,16,17). The van der Waals surface area contributed by atoms with Gasteiger partial charge in [-0.15, -0.1) is 0 Å². The first-order chi connectivity index (χ1) is 8.25. The van der Waals surface area contributed by atoms with Crippen LogP contribution in [0.1, 0.15) is 51.4 Å². The Labute approximate surface area is 102 Å². The highest BCUT2D eigenvalue weighted by molar-refractivity contribution is 6.05. The molecule has 1 aliphatic heterocycles. The second kappa shape index (κ2) is 3.33. The lowest BCUT2D eigenvalue weighted by Crippen LogP contribution is -2.40. The topological polar surface area (TPSA) is 41.5 Å². The molecule has 0 aromatic carbocycles. The minimum Gasteiger partial charge on any atom is -0.370 e. The van der Waals surface area contributed by atoms with Gasteiger partial charge >= 0.3 is 0 Å². The molecule has 3 unspecified atom stereocenters. The molecule has 3 aliphatic carbocycles. The smallest absolute Gasteiger partial charge is 0.253 e. The number of nitrogens with one attached hydrogen (secondary N) is 1. The molecule has 4 aliphatic rings. The monoisotopic (exact) mass is 232 g/mol. The summed E-state index contributed by atoms with van der Waals surface area (Å²) in [7, 11) is 0. The van der Waals surface area contributed by atoms with Crippen LogP contribution >= 0.6 is 0 Å². The highest BCUT2D eigenvalue weighted by atomic mass is 16.2. The number of rotatable bonds is 1. The summed E-state index contributed by atoms with van der Waals surface area (Å²) in [6.45, 7) is 0. The van der Waals surface area contributed by atoms with Gasteiger partial charge in [0.1, 0.15) is 5.84 Å². The van der Waals surface area contributed by atoms with Crippen LogP contribution in [0.25, 0.3) is 0 Å². The molecule has 3 nitrogen and oxygen atoms in total. The van der Waals surface area contributed by atoms with Crippen LogP contribution in [0.4, 0.5) is 0 Å². The summed E-state index contributed by atoms with van der Waals surface area (Å²) in [5.41, 5.74) is -0.0556. The summed E-state index contributed by atoms with van der Waals surface area (Å²) >= 11 is 0. The Bertz CT molecular complexity index is 397. The van der Waals surface area contributed by atoms with Crippen molar-refractivity contribution < 1.29 is 4.79 Å². The van der Waals surface area contributed by atoms with Crippen LogP contribution in [0.3, 0.4) is 0 Å². The first-order valence-electron chi connectivity index (χ1n) is 7.14. The van der Waals surface area contributed by atoms with Crippen LogP contribution in [-0.2, 0) is 4.79 Å². The molecule has 0 radical (unpaired) electrons. The fourth-order valence-electron chi connectivity index (χ4n) is 4.39. The molecule has 3 fully saturated rings. The Morgan fingerprint density at radius 2 is 2.12 bits per heavy atom. The molecule has 3 saturated carbocycles. The number of amides is 1. The van der Waals surface area contributed by atoms with Gasteiger partial charge in [-0.1, -0.05) is 12.8 Å². The van der Waals surface area contributed by atoms with Crippen molar-refractivity contribution >= 4 is 11.7 Å². The van der Waals surface area contributed by atoms with E-state index in [0.717, 1.165) is 36.9 Å². The van der Waals surface area contributed by atoms with E-state index >= 15 is 0 Å². The molecule has 3 heteroatoms. The summed E-state index contributed by atoms with van der Waals surface area (Å²) in [6, 6.07) is 0.621. The second-order valence-corrected chi connectivity index (χ2v) is 6.60. The Kier molecular flexibility index (Phi) is 1.98. The Hall–Kier alpha value is -0.860. The van der Waals surface area contributed by atoms with Crippen LogP contribution in [0.2, 0.25) is 0 Å². The lowest BCUT2D eigenvalue weighted by Gasteiger charge is -2.35. The van der Waals surface area contributed by atoms with E-state index in [0.29, 0.717) is 6.04 Å². The average Bonchev–Trinajstić information content (AvgIpc) is 2.90. The number of aliphatic imine (C=N–C) groups is 1. The summed E-state index contributed by atoms with van der Waals surface area (Å²) in [4.78, 5) is 16.2. The minimum absolute atomic E-state index is 0.0556. The number of hydrogen-bond acceptors (Lipinski definition) is 2. The van der Waals surface area contributed by atoms with Crippen molar-refractivity contribution in [2.75, 3.05) is 0 Å². The molecule has 1 N–H and O–H groups in total. The molecule has 1 amide bonds. The van der Waals surface area contributed by atoms with Gasteiger partial charge in [0.2, 0.25) is 0 Å². The molecule has 17 heavy (non-hydrogen) atoms. The van der Waals surface area contributed by atoms with Gasteiger partial charge < -0.3 is 5.32 Å². The first-order valence-corrected chi connectivity index (χ1v) is 7.14. The zero-order chi connectivity index (χ0) is 11.5. The molecular weight excluding hydrogens is 212 g/mol. The van der Waals surface area contributed by atoms with E-state index in [-0.39, 0.29) is 11.3 Å². The molecule has 1 spiro atoms. The molecule has 92 valence electrons. The average molecular weight is 232 g/mol. The molecule has 3 atom stereocenters. The molecule has 0 aromatic heterocycles. The van der Waals surface area contributed by atoms with Crippen molar-refractivity contribution in [2.45, 2.75) is 57.4 Å². The van der Waals surface area contributed by atoms with E-state index in [9.17, 15) is 4.79 Å².